The number of carbonyl (C=O) groups is 1. The zero-order chi connectivity index (χ0) is 8.81. The van der Waals surface area contributed by atoms with Gasteiger partial charge in [-0.1, -0.05) is 6.07 Å². The number of thiophene rings is 1. The number of carbonyl (C=O) groups excluding carboxylic acids is 1. The van der Waals surface area contributed by atoms with Crippen molar-refractivity contribution in [2.24, 2.45) is 0 Å². The molecule has 0 atom stereocenters. The van der Waals surface area contributed by atoms with Crippen LogP contribution in [0, 0.1) is 0 Å². The molecule has 1 rings (SSSR count). The molecule has 3 heteroatoms. The molecule has 0 N–H and O–H groups in total. The summed E-state index contributed by atoms with van der Waals surface area (Å²) in [5.74, 6) is 0. The summed E-state index contributed by atoms with van der Waals surface area (Å²) >= 11 is 1.55. The Balaban J connectivity index is 2.76. The predicted molar refractivity (Wildman–Crippen MR) is 50.2 cm³/mol. The molecule has 0 amide bonds. The largest absolute Gasteiger partial charge is 0.381 e. The van der Waals surface area contributed by atoms with Crippen molar-refractivity contribution in [1.82, 2.24) is 0 Å². The second kappa shape index (κ2) is 4.85. The molecule has 64 valence electrons. The van der Waals surface area contributed by atoms with Gasteiger partial charge >= 0.3 is 0 Å². The van der Waals surface area contributed by atoms with E-state index in [9.17, 15) is 4.79 Å². The van der Waals surface area contributed by atoms with Crippen molar-refractivity contribution in [1.29, 1.82) is 0 Å². The van der Waals surface area contributed by atoms with Gasteiger partial charge in [0.15, 0.2) is 6.29 Å². The van der Waals surface area contributed by atoms with Crippen LogP contribution >= 0.6 is 11.3 Å². The van der Waals surface area contributed by atoms with Crippen LogP contribution in [0.4, 0.5) is 0 Å². The van der Waals surface area contributed by atoms with E-state index in [2.05, 4.69) is 0 Å². The lowest BCUT2D eigenvalue weighted by molar-refractivity contribution is -0.103. The van der Waals surface area contributed by atoms with Crippen LogP contribution in [-0.2, 0) is 9.53 Å². The summed E-state index contributed by atoms with van der Waals surface area (Å²) in [5, 5.41) is 1.94. The number of hydrogen-bond donors (Lipinski definition) is 0. The molecule has 0 spiro atoms. The van der Waals surface area contributed by atoms with Gasteiger partial charge in [-0.2, -0.15) is 0 Å². The molecule has 1 heterocycles. The van der Waals surface area contributed by atoms with Gasteiger partial charge in [-0.05, 0) is 17.5 Å². The minimum absolute atomic E-state index is 0.478. The van der Waals surface area contributed by atoms with Gasteiger partial charge in [-0.25, -0.2) is 0 Å². The van der Waals surface area contributed by atoms with Crippen molar-refractivity contribution in [3.8, 4) is 0 Å². The third-order valence-electron chi connectivity index (χ3n) is 1.40. The van der Waals surface area contributed by atoms with E-state index in [0.29, 0.717) is 12.2 Å². The highest BCUT2D eigenvalue weighted by Gasteiger charge is 1.99. The third-order valence-corrected chi connectivity index (χ3v) is 2.32. The van der Waals surface area contributed by atoms with Crippen molar-refractivity contribution in [2.75, 3.05) is 13.7 Å². The Morgan fingerprint density at radius 3 is 3.08 bits per heavy atom. The summed E-state index contributed by atoms with van der Waals surface area (Å²) in [7, 11) is 1.60. The van der Waals surface area contributed by atoms with Crippen LogP contribution in [-0.4, -0.2) is 20.0 Å². The smallest absolute Gasteiger partial charge is 0.151 e. The van der Waals surface area contributed by atoms with Crippen molar-refractivity contribution in [3.05, 3.63) is 28.5 Å². The molecule has 0 saturated heterocycles. The highest BCUT2D eigenvalue weighted by atomic mass is 32.1. The lowest BCUT2D eigenvalue weighted by Gasteiger charge is -1.94. The first-order chi connectivity index (χ1) is 5.88. The van der Waals surface area contributed by atoms with E-state index >= 15 is 0 Å². The highest BCUT2D eigenvalue weighted by Crippen LogP contribution is 2.17. The van der Waals surface area contributed by atoms with E-state index < -0.39 is 0 Å². The fraction of sp³-hybridized carbons (Fsp3) is 0.222. The lowest BCUT2D eigenvalue weighted by Crippen LogP contribution is -1.87. The van der Waals surface area contributed by atoms with Crippen molar-refractivity contribution < 1.29 is 9.53 Å². The Bertz CT molecular complexity index is 262. The molecule has 12 heavy (non-hydrogen) atoms. The first kappa shape index (κ1) is 9.16. The second-order valence-electron chi connectivity index (χ2n) is 2.21. The number of hydrogen-bond acceptors (Lipinski definition) is 3. The molecule has 2 nitrogen and oxygen atoms in total. The number of allylic oxidation sites excluding steroid dienone is 1. The van der Waals surface area contributed by atoms with Gasteiger partial charge in [0.1, 0.15) is 0 Å². The van der Waals surface area contributed by atoms with E-state index in [1.54, 1.807) is 24.5 Å². The third kappa shape index (κ3) is 2.29. The average Bonchev–Trinajstić information content (AvgIpc) is 2.59. The van der Waals surface area contributed by atoms with Gasteiger partial charge in [0.2, 0.25) is 0 Å². The maximum atomic E-state index is 10.6. The standard InChI is InChI=1S/C9H10O2S/c1-11-5-4-8(7-10)9-3-2-6-12-9/h2-4,6-7H,5H2,1H3/b8-4-. The topological polar surface area (TPSA) is 26.3 Å². The van der Waals surface area contributed by atoms with E-state index in [0.717, 1.165) is 11.2 Å². The summed E-state index contributed by atoms with van der Waals surface area (Å²) in [5.41, 5.74) is 0.701. The van der Waals surface area contributed by atoms with Crippen LogP contribution in [0.1, 0.15) is 4.88 Å². The Morgan fingerprint density at radius 2 is 2.58 bits per heavy atom. The normalized spacial score (nSPS) is 11.6. The van der Waals surface area contributed by atoms with Gasteiger partial charge in [-0.15, -0.1) is 11.3 Å². The average molecular weight is 182 g/mol. The molecule has 1 aromatic heterocycles. The van der Waals surface area contributed by atoms with Crippen molar-refractivity contribution in [2.45, 2.75) is 0 Å². The number of aldehydes is 1. The monoisotopic (exact) mass is 182 g/mol. The summed E-state index contributed by atoms with van der Waals surface area (Å²) in [4.78, 5) is 11.6. The molecule has 1 aromatic rings. The maximum absolute atomic E-state index is 10.6. The molecule has 0 aliphatic rings. The molecular formula is C9H10O2S. The molecule has 0 radical (unpaired) electrons. The van der Waals surface area contributed by atoms with E-state index in [1.165, 1.54) is 0 Å². The Morgan fingerprint density at radius 1 is 1.75 bits per heavy atom. The SMILES string of the molecule is COC/C=C(/C=O)c1cccs1. The van der Waals surface area contributed by atoms with E-state index in [-0.39, 0.29) is 0 Å². The molecule has 0 aliphatic heterocycles. The lowest BCUT2D eigenvalue weighted by atomic mass is 10.2. The van der Waals surface area contributed by atoms with Crippen LogP contribution < -0.4 is 0 Å². The molecule has 0 unspecified atom stereocenters. The first-order valence-electron chi connectivity index (χ1n) is 3.56. The highest BCUT2D eigenvalue weighted by molar-refractivity contribution is 7.11. The van der Waals surface area contributed by atoms with E-state index in [4.69, 9.17) is 4.74 Å². The zero-order valence-corrected chi connectivity index (χ0v) is 7.64. The quantitative estimate of drug-likeness (QED) is 0.525. The van der Waals surface area contributed by atoms with Gasteiger partial charge in [-0.3, -0.25) is 4.79 Å². The van der Waals surface area contributed by atoms with Crippen LogP contribution in [0.15, 0.2) is 23.6 Å². The molecule has 0 saturated carbocycles. The zero-order valence-electron chi connectivity index (χ0n) is 6.82. The number of ether oxygens (including phenoxy) is 1. The maximum Gasteiger partial charge on any atom is 0.151 e. The number of rotatable bonds is 4. The summed E-state index contributed by atoms with van der Waals surface area (Å²) < 4.78 is 4.84. The van der Waals surface area contributed by atoms with Crippen LogP contribution in [0.25, 0.3) is 5.57 Å². The summed E-state index contributed by atoms with van der Waals surface area (Å²) in [6.45, 7) is 0.478. The van der Waals surface area contributed by atoms with Crippen LogP contribution in [0.3, 0.4) is 0 Å². The second-order valence-corrected chi connectivity index (χ2v) is 3.16. The number of methoxy groups -OCH3 is 1. The Hall–Kier alpha value is -0.930. The fourth-order valence-corrected chi connectivity index (χ4v) is 1.55. The van der Waals surface area contributed by atoms with Crippen molar-refractivity contribution in [3.63, 3.8) is 0 Å². The molecular weight excluding hydrogens is 172 g/mol. The first-order valence-corrected chi connectivity index (χ1v) is 4.44. The fourth-order valence-electron chi connectivity index (χ4n) is 0.823. The van der Waals surface area contributed by atoms with Gasteiger partial charge in [0, 0.05) is 17.6 Å². The Labute approximate surface area is 75.5 Å². The molecule has 0 bridgehead atoms. The van der Waals surface area contributed by atoms with Crippen LogP contribution in [0.5, 0.6) is 0 Å². The van der Waals surface area contributed by atoms with Gasteiger partial charge in [0.25, 0.3) is 0 Å². The minimum Gasteiger partial charge on any atom is -0.381 e. The van der Waals surface area contributed by atoms with E-state index in [1.807, 2.05) is 17.5 Å². The molecule has 0 aliphatic carbocycles. The summed E-state index contributed by atoms with van der Waals surface area (Å²) in [6, 6.07) is 3.84. The summed E-state index contributed by atoms with van der Waals surface area (Å²) in [6.07, 6.45) is 2.63. The van der Waals surface area contributed by atoms with Gasteiger partial charge in [0.05, 0.1) is 6.61 Å². The minimum atomic E-state index is 0.478. The van der Waals surface area contributed by atoms with Crippen LogP contribution in [0.2, 0.25) is 0 Å². The predicted octanol–water partition coefficient (Wildman–Crippen LogP) is 1.98. The van der Waals surface area contributed by atoms with Gasteiger partial charge < -0.3 is 4.74 Å². The van der Waals surface area contributed by atoms with Crippen molar-refractivity contribution >= 4 is 23.2 Å². The molecule has 0 aromatic carbocycles. The molecule has 0 fully saturated rings. The Kier molecular flexibility index (Phi) is 3.70.